The van der Waals surface area contributed by atoms with Crippen molar-refractivity contribution < 1.29 is 9.47 Å². The van der Waals surface area contributed by atoms with Gasteiger partial charge in [0, 0.05) is 13.1 Å². The van der Waals surface area contributed by atoms with E-state index in [1.807, 2.05) is 39.0 Å². The lowest BCUT2D eigenvalue weighted by molar-refractivity contribution is 0.223. The number of benzene rings is 1. The summed E-state index contributed by atoms with van der Waals surface area (Å²) in [5.41, 5.74) is 1.18. The molecular weight excluding hydrogens is 226 g/mol. The first-order valence-electron chi connectivity index (χ1n) is 6.41. The average Bonchev–Trinajstić information content (AvgIpc) is 2.32. The topological polar surface area (TPSA) is 30.5 Å². The van der Waals surface area contributed by atoms with Gasteiger partial charge in [0.1, 0.15) is 0 Å². The molecule has 1 N–H and O–H groups in total. The molecular formula is C15H23NO2. The number of ether oxygens (including phenoxy) is 2. The highest BCUT2D eigenvalue weighted by Gasteiger charge is 2.07. The van der Waals surface area contributed by atoms with Crippen molar-refractivity contribution in [3.05, 3.63) is 36.4 Å². The van der Waals surface area contributed by atoms with Gasteiger partial charge in [-0.05, 0) is 38.5 Å². The molecule has 1 aromatic carbocycles. The number of nitrogens with one attached hydrogen (secondary N) is 1. The summed E-state index contributed by atoms with van der Waals surface area (Å²) in [5, 5.41) is 3.27. The molecule has 0 atom stereocenters. The van der Waals surface area contributed by atoms with E-state index < -0.39 is 0 Å². The van der Waals surface area contributed by atoms with Crippen molar-refractivity contribution in [2.45, 2.75) is 33.4 Å². The second kappa shape index (κ2) is 7.77. The minimum atomic E-state index is 0.147. The van der Waals surface area contributed by atoms with Gasteiger partial charge in [0.05, 0.1) is 12.7 Å². The molecule has 0 aliphatic rings. The van der Waals surface area contributed by atoms with Crippen LogP contribution in [0, 0.1) is 0 Å². The van der Waals surface area contributed by atoms with Crippen LogP contribution in [0.3, 0.4) is 0 Å². The van der Waals surface area contributed by atoms with Crippen LogP contribution in [0.1, 0.15) is 26.3 Å². The van der Waals surface area contributed by atoms with Crippen LogP contribution in [0.4, 0.5) is 0 Å². The second-order valence-electron chi connectivity index (χ2n) is 4.30. The summed E-state index contributed by atoms with van der Waals surface area (Å²) >= 11 is 0. The summed E-state index contributed by atoms with van der Waals surface area (Å²) in [4.78, 5) is 0. The quantitative estimate of drug-likeness (QED) is 0.567. The second-order valence-corrected chi connectivity index (χ2v) is 4.30. The molecule has 0 unspecified atom stereocenters. The van der Waals surface area contributed by atoms with Gasteiger partial charge in [-0.1, -0.05) is 12.1 Å². The fourth-order valence-corrected chi connectivity index (χ4v) is 1.60. The highest BCUT2D eigenvalue weighted by Crippen LogP contribution is 2.29. The zero-order valence-electron chi connectivity index (χ0n) is 11.5. The maximum Gasteiger partial charge on any atom is 0.161 e. The van der Waals surface area contributed by atoms with Crippen molar-refractivity contribution in [3.8, 4) is 11.5 Å². The van der Waals surface area contributed by atoms with Crippen LogP contribution in [0.15, 0.2) is 30.9 Å². The van der Waals surface area contributed by atoms with Gasteiger partial charge in [-0.25, -0.2) is 0 Å². The van der Waals surface area contributed by atoms with E-state index in [2.05, 4.69) is 18.0 Å². The maximum atomic E-state index is 5.72. The van der Waals surface area contributed by atoms with Gasteiger partial charge >= 0.3 is 0 Å². The molecule has 0 bridgehead atoms. The number of rotatable bonds is 8. The monoisotopic (exact) mass is 249 g/mol. The highest BCUT2D eigenvalue weighted by molar-refractivity contribution is 5.43. The SMILES string of the molecule is C=CCNCc1ccc(OC(C)C)c(OCC)c1. The normalized spacial score (nSPS) is 10.4. The van der Waals surface area contributed by atoms with E-state index in [4.69, 9.17) is 9.47 Å². The maximum absolute atomic E-state index is 5.72. The Kier molecular flexibility index (Phi) is 6.29. The Morgan fingerprint density at radius 3 is 2.72 bits per heavy atom. The van der Waals surface area contributed by atoms with E-state index in [1.165, 1.54) is 5.56 Å². The summed E-state index contributed by atoms with van der Waals surface area (Å²) in [7, 11) is 0. The molecule has 0 aromatic heterocycles. The summed E-state index contributed by atoms with van der Waals surface area (Å²) in [5.74, 6) is 1.61. The van der Waals surface area contributed by atoms with Crippen molar-refractivity contribution in [1.29, 1.82) is 0 Å². The molecule has 1 aromatic rings. The van der Waals surface area contributed by atoms with E-state index in [-0.39, 0.29) is 6.10 Å². The average molecular weight is 249 g/mol. The first-order valence-corrected chi connectivity index (χ1v) is 6.41. The smallest absolute Gasteiger partial charge is 0.161 e. The van der Waals surface area contributed by atoms with Crippen LogP contribution in [-0.4, -0.2) is 19.3 Å². The molecule has 18 heavy (non-hydrogen) atoms. The Labute approximate surface area is 110 Å². The Hall–Kier alpha value is -1.48. The van der Waals surface area contributed by atoms with Crippen LogP contribution in [0.2, 0.25) is 0 Å². The lowest BCUT2D eigenvalue weighted by Gasteiger charge is -2.15. The largest absolute Gasteiger partial charge is 0.490 e. The summed E-state index contributed by atoms with van der Waals surface area (Å²) in [6.45, 7) is 11.9. The van der Waals surface area contributed by atoms with Gasteiger partial charge in [-0.3, -0.25) is 0 Å². The third-order valence-electron chi connectivity index (χ3n) is 2.29. The number of hydrogen-bond acceptors (Lipinski definition) is 3. The predicted octanol–water partition coefficient (Wildman–Crippen LogP) is 3.15. The zero-order valence-corrected chi connectivity index (χ0v) is 11.5. The Morgan fingerprint density at radius 2 is 2.11 bits per heavy atom. The van der Waals surface area contributed by atoms with Crippen molar-refractivity contribution in [1.82, 2.24) is 5.32 Å². The Bertz CT molecular complexity index is 375. The Morgan fingerprint density at radius 1 is 1.33 bits per heavy atom. The van der Waals surface area contributed by atoms with Gasteiger partial charge in [-0.15, -0.1) is 6.58 Å². The molecule has 0 aliphatic heterocycles. The minimum Gasteiger partial charge on any atom is -0.490 e. The zero-order chi connectivity index (χ0) is 13.4. The first-order chi connectivity index (χ1) is 8.67. The standard InChI is InChI=1S/C15H23NO2/c1-5-9-16-11-13-7-8-14(18-12(3)4)15(10-13)17-6-2/h5,7-8,10,12,16H,1,6,9,11H2,2-4H3. The Balaban J connectivity index is 2.77. The van der Waals surface area contributed by atoms with Gasteiger partial charge < -0.3 is 14.8 Å². The summed E-state index contributed by atoms with van der Waals surface area (Å²) in [6.07, 6.45) is 1.99. The lowest BCUT2D eigenvalue weighted by atomic mass is 10.2. The summed E-state index contributed by atoms with van der Waals surface area (Å²) in [6, 6.07) is 6.05. The predicted molar refractivity (Wildman–Crippen MR) is 75.3 cm³/mol. The molecule has 0 saturated carbocycles. The van der Waals surface area contributed by atoms with E-state index in [0.29, 0.717) is 6.61 Å². The third kappa shape index (κ3) is 4.80. The van der Waals surface area contributed by atoms with E-state index in [1.54, 1.807) is 0 Å². The van der Waals surface area contributed by atoms with Crippen LogP contribution < -0.4 is 14.8 Å². The van der Waals surface area contributed by atoms with Crippen molar-refractivity contribution in [3.63, 3.8) is 0 Å². The first kappa shape index (κ1) is 14.6. The van der Waals surface area contributed by atoms with Crippen LogP contribution in [0.25, 0.3) is 0 Å². The molecule has 0 amide bonds. The van der Waals surface area contributed by atoms with Gasteiger partial charge in [0.2, 0.25) is 0 Å². The van der Waals surface area contributed by atoms with Crippen LogP contribution >= 0.6 is 0 Å². The van der Waals surface area contributed by atoms with Crippen LogP contribution in [0.5, 0.6) is 11.5 Å². The van der Waals surface area contributed by atoms with Crippen molar-refractivity contribution in [2.75, 3.05) is 13.2 Å². The molecule has 0 heterocycles. The third-order valence-corrected chi connectivity index (χ3v) is 2.29. The van der Waals surface area contributed by atoms with Gasteiger partial charge in [-0.2, -0.15) is 0 Å². The summed E-state index contributed by atoms with van der Waals surface area (Å²) < 4.78 is 11.3. The van der Waals surface area contributed by atoms with Crippen molar-refractivity contribution in [2.24, 2.45) is 0 Å². The van der Waals surface area contributed by atoms with Gasteiger partial charge in [0.15, 0.2) is 11.5 Å². The molecule has 100 valence electrons. The van der Waals surface area contributed by atoms with E-state index in [9.17, 15) is 0 Å². The molecule has 0 radical (unpaired) electrons. The molecule has 3 nitrogen and oxygen atoms in total. The molecule has 0 saturated heterocycles. The van der Waals surface area contributed by atoms with E-state index >= 15 is 0 Å². The molecule has 0 spiro atoms. The fourth-order valence-electron chi connectivity index (χ4n) is 1.60. The molecule has 0 fully saturated rings. The van der Waals surface area contributed by atoms with Crippen molar-refractivity contribution >= 4 is 0 Å². The molecule has 0 aliphatic carbocycles. The molecule has 1 rings (SSSR count). The van der Waals surface area contributed by atoms with Gasteiger partial charge in [0.25, 0.3) is 0 Å². The fraction of sp³-hybridized carbons (Fsp3) is 0.467. The number of hydrogen-bond donors (Lipinski definition) is 1. The molecule has 3 heteroatoms. The minimum absolute atomic E-state index is 0.147. The lowest BCUT2D eigenvalue weighted by Crippen LogP contribution is -2.13. The van der Waals surface area contributed by atoms with E-state index in [0.717, 1.165) is 24.6 Å². The highest BCUT2D eigenvalue weighted by atomic mass is 16.5. The van der Waals surface area contributed by atoms with Crippen LogP contribution in [-0.2, 0) is 6.54 Å².